The number of nitrogens with zero attached hydrogens (tertiary/aromatic N) is 4. The van der Waals surface area contributed by atoms with Gasteiger partial charge in [-0.05, 0) is 0 Å². The van der Waals surface area contributed by atoms with E-state index < -0.39 is 12.3 Å². The highest BCUT2D eigenvalue weighted by atomic mass is 16.6. The molecule has 0 bridgehead atoms. The lowest BCUT2D eigenvalue weighted by Crippen LogP contribution is -2.37. The number of fused-ring (bicyclic) bond motifs is 1. The predicted molar refractivity (Wildman–Crippen MR) is 84.9 cm³/mol. The van der Waals surface area contributed by atoms with Crippen molar-refractivity contribution in [3.05, 3.63) is 12.7 Å². The van der Waals surface area contributed by atoms with Gasteiger partial charge >= 0.3 is 0 Å². The van der Waals surface area contributed by atoms with Gasteiger partial charge in [-0.1, -0.05) is 5.92 Å². The molecule has 9 nitrogen and oxygen atoms in total. The number of nitrogens with two attached hydrogens (primary N) is 1. The predicted octanol–water partition coefficient (Wildman–Crippen LogP) is -0.0143. The van der Waals surface area contributed by atoms with Crippen LogP contribution in [-0.2, 0) is 18.9 Å². The van der Waals surface area contributed by atoms with Crippen molar-refractivity contribution in [3.8, 4) is 12.3 Å². The van der Waals surface area contributed by atoms with E-state index >= 15 is 0 Å². The number of anilines is 1. The lowest BCUT2D eigenvalue weighted by Gasteiger charge is -2.23. The largest absolute Gasteiger partial charge is 0.382 e. The van der Waals surface area contributed by atoms with Gasteiger partial charge in [0.15, 0.2) is 17.7 Å². The fraction of sp³-hybridized carbons (Fsp3) is 0.533. The van der Waals surface area contributed by atoms with E-state index in [1.54, 1.807) is 25.1 Å². The molecule has 2 aromatic heterocycles. The smallest absolute Gasteiger partial charge is 0.167 e. The lowest BCUT2D eigenvalue weighted by atomic mass is 10.1. The highest BCUT2D eigenvalue weighted by Crippen LogP contribution is 2.35. The highest BCUT2D eigenvalue weighted by molar-refractivity contribution is 5.81. The van der Waals surface area contributed by atoms with Gasteiger partial charge in [0.05, 0.1) is 12.9 Å². The molecule has 0 aromatic carbocycles. The molecule has 1 fully saturated rings. The third-order valence-corrected chi connectivity index (χ3v) is 3.91. The number of aromatic nitrogens is 4. The molecule has 4 unspecified atom stereocenters. The minimum absolute atomic E-state index is 0.133. The summed E-state index contributed by atoms with van der Waals surface area (Å²) in [5, 5.41) is 0. The standard InChI is InChI=1S/C15H19N5O4/c1-4-5-23-12-11(22-3)9(6-21-2)24-15(12)20-8-19-10-13(16)17-7-18-14(10)20/h1,7-9,11-12,15H,5-6H2,2-3H3,(H2,16,17,18). The molecule has 0 amide bonds. The zero-order chi connectivity index (χ0) is 17.1. The van der Waals surface area contributed by atoms with Crippen molar-refractivity contribution >= 4 is 17.0 Å². The molecule has 24 heavy (non-hydrogen) atoms. The van der Waals surface area contributed by atoms with E-state index in [2.05, 4.69) is 20.9 Å². The molecule has 128 valence electrons. The molecule has 0 saturated carbocycles. The van der Waals surface area contributed by atoms with Crippen molar-refractivity contribution in [1.29, 1.82) is 0 Å². The van der Waals surface area contributed by atoms with Crippen LogP contribution in [0.1, 0.15) is 6.23 Å². The number of methoxy groups -OCH3 is 2. The van der Waals surface area contributed by atoms with Crippen LogP contribution < -0.4 is 5.73 Å². The number of nitrogen functional groups attached to an aromatic ring is 1. The zero-order valence-corrected chi connectivity index (χ0v) is 13.5. The van der Waals surface area contributed by atoms with E-state index in [9.17, 15) is 0 Å². The maximum atomic E-state index is 6.09. The van der Waals surface area contributed by atoms with Crippen LogP contribution in [0.3, 0.4) is 0 Å². The van der Waals surface area contributed by atoms with Gasteiger partial charge in [-0.15, -0.1) is 6.42 Å². The molecule has 0 radical (unpaired) electrons. The normalized spacial score (nSPS) is 26.7. The molecule has 3 heterocycles. The Bertz CT molecular complexity index is 743. The van der Waals surface area contributed by atoms with Gasteiger partial charge in [-0.2, -0.15) is 0 Å². The highest BCUT2D eigenvalue weighted by Gasteiger charge is 2.47. The monoisotopic (exact) mass is 333 g/mol. The van der Waals surface area contributed by atoms with Crippen molar-refractivity contribution in [3.63, 3.8) is 0 Å². The van der Waals surface area contributed by atoms with Crippen LogP contribution in [0.25, 0.3) is 11.2 Å². The zero-order valence-electron chi connectivity index (χ0n) is 13.5. The van der Waals surface area contributed by atoms with Crippen LogP contribution >= 0.6 is 0 Å². The molecule has 9 heteroatoms. The number of rotatable bonds is 6. The van der Waals surface area contributed by atoms with Crippen LogP contribution in [0, 0.1) is 12.3 Å². The van der Waals surface area contributed by atoms with E-state index in [0.29, 0.717) is 23.6 Å². The van der Waals surface area contributed by atoms with E-state index in [1.165, 1.54) is 6.33 Å². The van der Waals surface area contributed by atoms with Crippen LogP contribution in [0.4, 0.5) is 5.82 Å². The number of ether oxygens (including phenoxy) is 4. The van der Waals surface area contributed by atoms with Crippen molar-refractivity contribution in [2.45, 2.75) is 24.5 Å². The van der Waals surface area contributed by atoms with Gasteiger partial charge in [0, 0.05) is 14.2 Å². The molecule has 1 aliphatic rings. The number of hydrogen-bond acceptors (Lipinski definition) is 8. The Morgan fingerprint density at radius 3 is 2.88 bits per heavy atom. The fourth-order valence-corrected chi connectivity index (χ4v) is 2.89. The minimum atomic E-state index is -0.525. The van der Waals surface area contributed by atoms with Crippen molar-refractivity contribution in [1.82, 2.24) is 19.5 Å². The average molecular weight is 333 g/mol. The van der Waals surface area contributed by atoms with Crippen LogP contribution in [0.5, 0.6) is 0 Å². The lowest BCUT2D eigenvalue weighted by molar-refractivity contribution is -0.0670. The van der Waals surface area contributed by atoms with E-state index in [0.717, 1.165) is 0 Å². The summed E-state index contributed by atoms with van der Waals surface area (Å²) >= 11 is 0. The Hall–Kier alpha value is -2.25. The first-order valence-electron chi connectivity index (χ1n) is 7.36. The molecule has 1 saturated heterocycles. The first-order chi connectivity index (χ1) is 11.7. The molecule has 0 spiro atoms. The molecule has 1 aliphatic heterocycles. The summed E-state index contributed by atoms with van der Waals surface area (Å²) in [4.78, 5) is 12.4. The SMILES string of the molecule is C#CCOC1C(OC)C(COC)OC1n1cnc2c(N)ncnc21. The molecule has 0 aliphatic carbocycles. The molecule has 2 aromatic rings. The minimum Gasteiger partial charge on any atom is -0.382 e. The van der Waals surface area contributed by atoms with Gasteiger partial charge in [0.25, 0.3) is 0 Å². The van der Waals surface area contributed by atoms with Crippen molar-refractivity contribution in [2.24, 2.45) is 0 Å². The summed E-state index contributed by atoms with van der Waals surface area (Å²) in [6.07, 6.45) is 6.66. The third kappa shape index (κ3) is 2.81. The maximum absolute atomic E-state index is 6.09. The first kappa shape index (κ1) is 16.6. The first-order valence-corrected chi connectivity index (χ1v) is 7.36. The van der Waals surface area contributed by atoms with Gasteiger partial charge < -0.3 is 24.7 Å². The summed E-state index contributed by atoms with van der Waals surface area (Å²) in [5.41, 5.74) is 6.89. The number of hydrogen-bond donors (Lipinski definition) is 1. The van der Waals surface area contributed by atoms with Crippen molar-refractivity contribution in [2.75, 3.05) is 33.2 Å². The second kappa shape index (κ2) is 7.11. The summed E-state index contributed by atoms with van der Waals surface area (Å²) in [6.45, 7) is 0.489. The van der Waals surface area contributed by atoms with Crippen LogP contribution in [0.15, 0.2) is 12.7 Å². The summed E-state index contributed by atoms with van der Waals surface area (Å²) < 4.78 is 24.4. The molecular formula is C15H19N5O4. The Kier molecular flexibility index (Phi) is 4.92. The van der Waals surface area contributed by atoms with E-state index in [4.69, 9.17) is 31.1 Å². The summed E-state index contributed by atoms with van der Waals surface area (Å²) in [7, 11) is 3.19. The summed E-state index contributed by atoms with van der Waals surface area (Å²) in [6, 6.07) is 0. The van der Waals surface area contributed by atoms with Crippen LogP contribution in [-0.4, -0.2) is 65.3 Å². The second-order valence-corrected chi connectivity index (χ2v) is 5.28. The van der Waals surface area contributed by atoms with Crippen LogP contribution in [0.2, 0.25) is 0 Å². The molecule has 3 rings (SSSR count). The van der Waals surface area contributed by atoms with Gasteiger partial charge in [-0.3, -0.25) is 4.57 Å². The Morgan fingerprint density at radius 1 is 1.33 bits per heavy atom. The number of terminal acetylenes is 1. The Morgan fingerprint density at radius 2 is 2.17 bits per heavy atom. The van der Waals surface area contributed by atoms with Crippen molar-refractivity contribution < 1.29 is 18.9 Å². The number of imidazole rings is 1. The van der Waals surface area contributed by atoms with E-state index in [1.807, 2.05) is 0 Å². The van der Waals surface area contributed by atoms with E-state index in [-0.39, 0.29) is 18.8 Å². The maximum Gasteiger partial charge on any atom is 0.167 e. The molecule has 2 N–H and O–H groups in total. The fourth-order valence-electron chi connectivity index (χ4n) is 2.89. The Labute approximate surface area is 139 Å². The average Bonchev–Trinajstić information content (AvgIpc) is 3.15. The van der Waals surface area contributed by atoms with Gasteiger partial charge in [0.1, 0.15) is 36.8 Å². The van der Waals surface area contributed by atoms with Gasteiger partial charge in [0.2, 0.25) is 0 Å². The third-order valence-electron chi connectivity index (χ3n) is 3.91. The molecule has 4 atom stereocenters. The second-order valence-electron chi connectivity index (χ2n) is 5.28. The topological polar surface area (TPSA) is 107 Å². The Balaban J connectivity index is 1.99. The van der Waals surface area contributed by atoms with Gasteiger partial charge in [-0.25, -0.2) is 15.0 Å². The summed E-state index contributed by atoms with van der Waals surface area (Å²) in [5.74, 6) is 2.76. The quantitative estimate of drug-likeness (QED) is 0.736. The molecular weight excluding hydrogens is 314 g/mol.